The molecule has 4 rings (SSSR count). The van der Waals surface area contributed by atoms with E-state index in [1.165, 1.54) is 17.3 Å². The van der Waals surface area contributed by atoms with Gasteiger partial charge < -0.3 is 10.1 Å². The van der Waals surface area contributed by atoms with Gasteiger partial charge in [-0.15, -0.1) is 0 Å². The molecule has 0 saturated carbocycles. The van der Waals surface area contributed by atoms with Gasteiger partial charge in [0, 0.05) is 5.75 Å². The third kappa shape index (κ3) is 4.71. The molecule has 0 spiro atoms. The number of hydrogen-bond acceptors (Lipinski definition) is 5. The number of carbonyl (C=O) groups is 1. The molecule has 3 aromatic carbocycles. The lowest BCUT2D eigenvalue weighted by Gasteiger charge is -2.21. The van der Waals surface area contributed by atoms with Gasteiger partial charge in [0.05, 0.1) is 18.5 Å². The second-order valence-electron chi connectivity index (χ2n) is 6.90. The average molecular weight is 435 g/mol. The maximum absolute atomic E-state index is 13.4. The minimum absolute atomic E-state index is 0.0998. The molecule has 0 aromatic heterocycles. The van der Waals surface area contributed by atoms with Crippen molar-refractivity contribution >= 4 is 45.2 Å². The quantitative estimate of drug-likeness (QED) is 0.508. The second-order valence-corrected chi connectivity index (χ2v) is 9.21. The molecule has 1 N–H and O–H groups in total. The van der Waals surface area contributed by atoms with Crippen molar-refractivity contribution in [1.29, 1.82) is 0 Å². The van der Waals surface area contributed by atoms with Crippen molar-refractivity contribution < 1.29 is 9.53 Å². The molecular formula is C24H22N2O2S2. The zero-order valence-corrected chi connectivity index (χ0v) is 18.4. The summed E-state index contributed by atoms with van der Waals surface area (Å²) in [6.45, 7) is 1.99. The van der Waals surface area contributed by atoms with Crippen LogP contribution >= 0.6 is 23.5 Å². The maximum atomic E-state index is 13.4. The van der Waals surface area contributed by atoms with Crippen LogP contribution in [0.4, 0.5) is 11.4 Å². The Morgan fingerprint density at radius 1 is 1.10 bits per heavy atom. The van der Waals surface area contributed by atoms with Crippen LogP contribution in [0.1, 0.15) is 21.9 Å². The highest BCUT2D eigenvalue weighted by Gasteiger charge is 2.26. The van der Waals surface area contributed by atoms with Gasteiger partial charge in [-0.1, -0.05) is 78.1 Å². The van der Waals surface area contributed by atoms with Crippen molar-refractivity contribution in [1.82, 2.24) is 0 Å². The Balaban J connectivity index is 1.62. The first-order valence-electron chi connectivity index (χ1n) is 9.60. The summed E-state index contributed by atoms with van der Waals surface area (Å²) in [6.07, 6.45) is 0. The van der Waals surface area contributed by atoms with E-state index in [2.05, 4.69) is 11.4 Å². The molecule has 152 valence electrons. The van der Waals surface area contributed by atoms with Crippen molar-refractivity contribution in [2.24, 2.45) is 4.99 Å². The topological polar surface area (TPSA) is 50.7 Å². The maximum Gasteiger partial charge on any atom is 0.242 e. The lowest BCUT2D eigenvalue weighted by Crippen LogP contribution is -2.20. The number of carbonyl (C=O) groups excluding carboxylic acids is 1. The van der Waals surface area contributed by atoms with E-state index in [1.54, 1.807) is 18.9 Å². The third-order valence-electron chi connectivity index (χ3n) is 4.73. The molecule has 4 nitrogen and oxygen atoms in total. The van der Waals surface area contributed by atoms with Gasteiger partial charge in [0.2, 0.25) is 5.91 Å². The summed E-state index contributed by atoms with van der Waals surface area (Å²) in [5.74, 6) is 1.40. The molecule has 0 radical (unpaired) electrons. The molecule has 1 atom stereocenters. The van der Waals surface area contributed by atoms with Crippen molar-refractivity contribution in [3.05, 3.63) is 89.5 Å². The highest BCUT2D eigenvalue weighted by Crippen LogP contribution is 2.41. The predicted octanol–water partition coefficient (Wildman–Crippen LogP) is 6.35. The van der Waals surface area contributed by atoms with Crippen molar-refractivity contribution in [3.63, 3.8) is 0 Å². The Hall–Kier alpha value is -2.70. The van der Waals surface area contributed by atoms with Crippen LogP contribution in [-0.2, 0) is 10.5 Å². The van der Waals surface area contributed by atoms with Gasteiger partial charge in [0.15, 0.2) is 0 Å². The zero-order valence-electron chi connectivity index (χ0n) is 16.8. The largest absolute Gasteiger partial charge is 0.495 e. The van der Waals surface area contributed by atoms with Gasteiger partial charge in [-0.05, 0) is 41.8 Å². The van der Waals surface area contributed by atoms with Gasteiger partial charge in [-0.25, -0.2) is 4.99 Å². The van der Waals surface area contributed by atoms with Crippen molar-refractivity contribution in [3.8, 4) is 5.75 Å². The van der Waals surface area contributed by atoms with Gasteiger partial charge in [-0.2, -0.15) is 0 Å². The molecule has 1 heterocycles. The number of fused-ring (bicyclic) bond motifs is 1. The average Bonchev–Trinajstić information content (AvgIpc) is 2.78. The number of ether oxygens (including phenoxy) is 1. The van der Waals surface area contributed by atoms with E-state index in [1.807, 2.05) is 73.7 Å². The first-order valence-corrected chi connectivity index (χ1v) is 11.5. The predicted molar refractivity (Wildman–Crippen MR) is 128 cm³/mol. The number of nitrogens with zero attached hydrogens (tertiary/aromatic N) is 1. The molecule has 1 unspecified atom stereocenters. The lowest BCUT2D eigenvalue weighted by molar-refractivity contribution is -0.115. The Bertz CT molecular complexity index is 1080. The van der Waals surface area contributed by atoms with Crippen LogP contribution in [0.3, 0.4) is 0 Å². The van der Waals surface area contributed by atoms with E-state index in [0.717, 1.165) is 26.9 Å². The van der Waals surface area contributed by atoms with E-state index in [9.17, 15) is 4.79 Å². The molecule has 0 fully saturated rings. The number of aryl methyl sites for hydroxylation is 1. The second kappa shape index (κ2) is 9.41. The molecule has 6 heteroatoms. The number of rotatable bonds is 5. The smallest absolute Gasteiger partial charge is 0.242 e. The molecular weight excluding hydrogens is 412 g/mol. The summed E-state index contributed by atoms with van der Waals surface area (Å²) in [5.41, 5.74) is 4.86. The SMILES string of the molecule is COc1ccc(C)cc1NC(=O)C(SC1=Nc2ccccc2CS1)c1ccccc1. The first-order chi connectivity index (χ1) is 14.6. The number of nitrogens with one attached hydrogen (secondary N) is 1. The van der Waals surface area contributed by atoms with Crippen LogP contribution in [-0.4, -0.2) is 17.4 Å². The van der Waals surface area contributed by atoms with Crippen LogP contribution < -0.4 is 10.1 Å². The van der Waals surface area contributed by atoms with Gasteiger partial charge in [0.1, 0.15) is 15.4 Å². The fourth-order valence-electron chi connectivity index (χ4n) is 3.19. The van der Waals surface area contributed by atoms with E-state index >= 15 is 0 Å². The number of amides is 1. The van der Waals surface area contributed by atoms with Crippen molar-refractivity contribution in [2.45, 2.75) is 17.9 Å². The van der Waals surface area contributed by atoms with E-state index < -0.39 is 5.25 Å². The molecule has 1 amide bonds. The summed E-state index contributed by atoms with van der Waals surface area (Å²) in [7, 11) is 1.61. The molecule has 30 heavy (non-hydrogen) atoms. The summed E-state index contributed by atoms with van der Waals surface area (Å²) in [5, 5.41) is 2.64. The number of para-hydroxylation sites is 1. The van der Waals surface area contributed by atoms with Crippen molar-refractivity contribution in [2.75, 3.05) is 12.4 Å². The molecule has 1 aliphatic rings. The third-order valence-corrected chi connectivity index (χ3v) is 7.18. The Kier molecular flexibility index (Phi) is 6.45. The minimum Gasteiger partial charge on any atom is -0.495 e. The Morgan fingerprint density at radius 3 is 2.67 bits per heavy atom. The first kappa shape index (κ1) is 20.6. The molecule has 1 aliphatic heterocycles. The monoisotopic (exact) mass is 434 g/mol. The Labute approximate surface area is 185 Å². The summed E-state index contributed by atoms with van der Waals surface area (Å²) < 4.78 is 6.32. The van der Waals surface area contributed by atoms with E-state index in [-0.39, 0.29) is 5.91 Å². The normalized spacial score (nSPS) is 13.7. The number of thioether (sulfide) groups is 2. The van der Waals surface area contributed by atoms with Crippen LogP contribution in [0, 0.1) is 6.92 Å². The number of hydrogen-bond donors (Lipinski definition) is 1. The van der Waals surface area contributed by atoms with Crippen LogP contribution in [0.5, 0.6) is 5.75 Å². The fraction of sp³-hybridized carbons (Fsp3) is 0.167. The molecule has 0 bridgehead atoms. The highest BCUT2D eigenvalue weighted by molar-refractivity contribution is 8.38. The van der Waals surface area contributed by atoms with Crippen LogP contribution in [0.2, 0.25) is 0 Å². The number of methoxy groups -OCH3 is 1. The van der Waals surface area contributed by atoms with E-state index in [4.69, 9.17) is 9.73 Å². The highest BCUT2D eigenvalue weighted by atomic mass is 32.2. The number of benzene rings is 3. The molecule has 0 aliphatic carbocycles. The van der Waals surface area contributed by atoms with Crippen LogP contribution in [0.25, 0.3) is 0 Å². The standard InChI is InChI=1S/C24H22N2O2S2/c1-16-12-13-21(28-2)20(14-16)25-23(27)22(17-8-4-3-5-9-17)30-24-26-19-11-7-6-10-18(19)15-29-24/h3-14,22H,15H2,1-2H3,(H,25,27). The van der Waals surface area contributed by atoms with Gasteiger partial charge in [-0.3, -0.25) is 4.79 Å². The number of aliphatic imine (C=N–C) groups is 1. The molecule has 0 saturated heterocycles. The molecule has 3 aromatic rings. The fourth-order valence-corrected chi connectivity index (χ4v) is 5.43. The summed E-state index contributed by atoms with van der Waals surface area (Å²) >= 11 is 3.16. The van der Waals surface area contributed by atoms with Crippen LogP contribution in [0.15, 0.2) is 77.8 Å². The minimum atomic E-state index is -0.423. The summed E-state index contributed by atoms with van der Waals surface area (Å²) in [6, 6.07) is 23.7. The summed E-state index contributed by atoms with van der Waals surface area (Å²) in [4.78, 5) is 18.1. The zero-order chi connectivity index (χ0) is 20.9. The lowest BCUT2D eigenvalue weighted by atomic mass is 10.1. The van der Waals surface area contributed by atoms with E-state index in [0.29, 0.717) is 11.4 Å². The van der Waals surface area contributed by atoms with Gasteiger partial charge >= 0.3 is 0 Å². The number of anilines is 1. The Morgan fingerprint density at radius 2 is 1.87 bits per heavy atom. The van der Waals surface area contributed by atoms with Gasteiger partial charge in [0.25, 0.3) is 0 Å².